The fourth-order valence-corrected chi connectivity index (χ4v) is 4.15. The lowest BCUT2D eigenvalue weighted by molar-refractivity contribution is -0.117. The monoisotopic (exact) mass is 494 g/mol. The van der Waals surface area contributed by atoms with Gasteiger partial charge >= 0.3 is 11.9 Å². The van der Waals surface area contributed by atoms with Crippen LogP contribution >= 0.6 is 11.3 Å². The number of hydrazine groups is 1. The van der Waals surface area contributed by atoms with Crippen LogP contribution in [0.2, 0.25) is 0 Å². The third-order valence-corrected chi connectivity index (χ3v) is 6.12. The van der Waals surface area contributed by atoms with E-state index in [-0.39, 0.29) is 23.9 Å². The normalized spacial score (nSPS) is 18.6. The van der Waals surface area contributed by atoms with Gasteiger partial charge in [-0.15, -0.1) is 11.3 Å². The number of methoxy groups -OCH3 is 1. The van der Waals surface area contributed by atoms with Gasteiger partial charge in [0.25, 0.3) is 11.8 Å². The molecule has 1 saturated heterocycles. The maximum absolute atomic E-state index is 13.0. The molecule has 1 aromatic heterocycles. The Morgan fingerprint density at radius 1 is 1.17 bits per heavy atom. The van der Waals surface area contributed by atoms with E-state index >= 15 is 0 Å². The minimum Gasteiger partial charge on any atom is -0.497 e. The number of hydrogen-bond donors (Lipinski definition) is 1. The van der Waals surface area contributed by atoms with E-state index in [1.165, 1.54) is 30.6 Å². The number of carbonyl (C=O) groups is 4. The van der Waals surface area contributed by atoms with Crippen molar-refractivity contribution in [2.75, 3.05) is 18.7 Å². The molecule has 4 rings (SSSR count). The number of carbonyl (C=O) groups excluding carboxylic acids is 4. The molecule has 0 bridgehead atoms. The van der Waals surface area contributed by atoms with Crippen LogP contribution in [0.3, 0.4) is 0 Å². The minimum absolute atomic E-state index is 0.0244. The molecule has 2 heterocycles. The summed E-state index contributed by atoms with van der Waals surface area (Å²) in [6.07, 6.45) is 5.19. The summed E-state index contributed by atoms with van der Waals surface area (Å²) in [4.78, 5) is 50.1. The van der Waals surface area contributed by atoms with E-state index in [1.54, 1.807) is 54.8 Å². The fourth-order valence-electron chi connectivity index (χ4n) is 3.55. The molecular formula is C25H22N2O7S. The lowest BCUT2D eigenvalue weighted by atomic mass is 9.95. The molecule has 9 nitrogen and oxygen atoms in total. The van der Waals surface area contributed by atoms with Crippen molar-refractivity contribution in [3.63, 3.8) is 0 Å². The zero-order valence-corrected chi connectivity index (χ0v) is 19.8. The van der Waals surface area contributed by atoms with E-state index in [4.69, 9.17) is 14.2 Å². The molecule has 1 aliphatic carbocycles. The first-order valence-corrected chi connectivity index (χ1v) is 11.6. The van der Waals surface area contributed by atoms with Crippen molar-refractivity contribution >= 4 is 40.8 Å². The maximum atomic E-state index is 13.0. The van der Waals surface area contributed by atoms with E-state index in [9.17, 15) is 19.2 Å². The molecule has 1 N–H and O–H groups in total. The molecule has 1 unspecified atom stereocenters. The SMILES string of the molecule is CCOC(=O)c1ccc(N2NC(=O)/C(=C/C3C=CC(OC(=O)c4cccs4)=C(OC)C3)C2=O)cc1. The second-order valence-corrected chi connectivity index (χ2v) is 8.46. The Morgan fingerprint density at radius 3 is 2.60 bits per heavy atom. The lowest BCUT2D eigenvalue weighted by Gasteiger charge is -2.19. The van der Waals surface area contributed by atoms with E-state index in [0.29, 0.717) is 28.3 Å². The van der Waals surface area contributed by atoms with Crippen LogP contribution < -0.4 is 10.4 Å². The standard InChI is InChI=1S/C25H22N2O7S/c1-3-33-24(30)16-7-9-17(10-8-16)27-23(29)18(22(28)26-27)13-15-6-11-19(20(14-15)32-2)34-25(31)21-5-4-12-35-21/h4-13,15H,3,14H2,1-2H3,(H,26,28)/b18-13-. The van der Waals surface area contributed by atoms with Gasteiger partial charge in [0, 0.05) is 12.3 Å². The Hall–Kier alpha value is -4.18. The second-order valence-electron chi connectivity index (χ2n) is 7.51. The number of benzene rings is 1. The van der Waals surface area contributed by atoms with Gasteiger partial charge < -0.3 is 14.2 Å². The molecule has 180 valence electrons. The zero-order chi connectivity index (χ0) is 24.9. The Kier molecular flexibility index (Phi) is 7.11. The van der Waals surface area contributed by atoms with E-state index in [2.05, 4.69) is 5.43 Å². The predicted octanol–water partition coefficient (Wildman–Crippen LogP) is 3.52. The topological polar surface area (TPSA) is 111 Å². The molecule has 2 amide bonds. The highest BCUT2D eigenvalue weighted by Crippen LogP contribution is 2.29. The molecule has 10 heteroatoms. The van der Waals surface area contributed by atoms with Crippen molar-refractivity contribution in [1.82, 2.24) is 5.43 Å². The molecule has 2 aliphatic rings. The highest BCUT2D eigenvalue weighted by atomic mass is 32.1. The lowest BCUT2D eigenvalue weighted by Crippen LogP contribution is -2.35. The highest BCUT2D eigenvalue weighted by Gasteiger charge is 2.35. The Balaban J connectivity index is 1.46. The largest absolute Gasteiger partial charge is 0.497 e. The highest BCUT2D eigenvalue weighted by molar-refractivity contribution is 7.11. The van der Waals surface area contributed by atoms with Crippen LogP contribution in [0.5, 0.6) is 0 Å². The first-order valence-electron chi connectivity index (χ1n) is 10.8. The van der Waals surface area contributed by atoms with Crippen LogP contribution in [0.4, 0.5) is 5.69 Å². The van der Waals surface area contributed by atoms with Crippen LogP contribution in [-0.2, 0) is 23.8 Å². The second kappa shape index (κ2) is 10.4. The fraction of sp³-hybridized carbons (Fsp3) is 0.200. The van der Waals surface area contributed by atoms with Gasteiger partial charge in [-0.3, -0.25) is 15.0 Å². The third-order valence-electron chi connectivity index (χ3n) is 5.27. The van der Waals surface area contributed by atoms with E-state index in [1.807, 2.05) is 0 Å². The number of esters is 2. The van der Waals surface area contributed by atoms with Gasteiger partial charge in [-0.05, 0) is 48.7 Å². The number of nitrogens with one attached hydrogen (secondary N) is 1. The van der Waals surface area contributed by atoms with Crippen molar-refractivity contribution in [3.05, 3.63) is 87.5 Å². The van der Waals surface area contributed by atoms with Crippen molar-refractivity contribution in [2.24, 2.45) is 5.92 Å². The summed E-state index contributed by atoms with van der Waals surface area (Å²) >= 11 is 1.27. The average molecular weight is 495 g/mol. The molecule has 1 atom stereocenters. The summed E-state index contributed by atoms with van der Waals surface area (Å²) < 4.78 is 15.8. The summed E-state index contributed by atoms with van der Waals surface area (Å²) in [6.45, 7) is 1.97. The Morgan fingerprint density at radius 2 is 1.94 bits per heavy atom. The van der Waals surface area contributed by atoms with Crippen LogP contribution in [0.25, 0.3) is 0 Å². The molecule has 0 saturated carbocycles. The summed E-state index contributed by atoms with van der Waals surface area (Å²) in [6, 6.07) is 9.57. The molecule has 35 heavy (non-hydrogen) atoms. The van der Waals surface area contributed by atoms with E-state index < -0.39 is 23.8 Å². The van der Waals surface area contributed by atoms with Crippen LogP contribution in [0.1, 0.15) is 33.4 Å². The number of ether oxygens (including phenoxy) is 3. The van der Waals surface area contributed by atoms with E-state index in [0.717, 1.165) is 5.01 Å². The van der Waals surface area contributed by atoms with Crippen LogP contribution in [-0.4, -0.2) is 37.5 Å². The van der Waals surface area contributed by atoms with Crippen molar-refractivity contribution in [2.45, 2.75) is 13.3 Å². The smallest absolute Gasteiger partial charge is 0.353 e. The molecular weight excluding hydrogens is 472 g/mol. The molecule has 1 aromatic carbocycles. The first kappa shape index (κ1) is 24.0. The average Bonchev–Trinajstić information content (AvgIpc) is 3.50. The minimum atomic E-state index is -0.546. The van der Waals surface area contributed by atoms with Gasteiger partial charge in [-0.2, -0.15) is 0 Å². The summed E-state index contributed by atoms with van der Waals surface area (Å²) in [5, 5.41) is 2.90. The molecule has 1 fully saturated rings. The zero-order valence-electron chi connectivity index (χ0n) is 19.0. The van der Waals surface area contributed by atoms with Gasteiger partial charge in [-0.1, -0.05) is 18.2 Å². The van der Waals surface area contributed by atoms with Gasteiger partial charge in [0.15, 0.2) is 5.76 Å². The molecule has 0 spiro atoms. The van der Waals surface area contributed by atoms with Gasteiger partial charge in [0.2, 0.25) is 0 Å². The Labute approximate surface area is 205 Å². The maximum Gasteiger partial charge on any atom is 0.353 e. The van der Waals surface area contributed by atoms with Gasteiger partial charge in [0.1, 0.15) is 16.2 Å². The Bertz CT molecular complexity index is 1240. The van der Waals surface area contributed by atoms with Gasteiger partial charge in [-0.25, -0.2) is 14.6 Å². The summed E-state index contributed by atoms with van der Waals surface area (Å²) in [5.74, 6) is -1.64. The first-order chi connectivity index (χ1) is 16.9. The number of nitrogens with zero attached hydrogens (tertiary/aromatic N) is 1. The number of thiophene rings is 1. The van der Waals surface area contributed by atoms with Crippen molar-refractivity contribution < 1.29 is 33.4 Å². The number of amides is 2. The predicted molar refractivity (Wildman–Crippen MR) is 127 cm³/mol. The molecule has 1 aliphatic heterocycles. The molecule has 0 radical (unpaired) electrons. The number of anilines is 1. The van der Waals surface area contributed by atoms with Crippen molar-refractivity contribution in [3.8, 4) is 0 Å². The number of rotatable bonds is 7. The number of allylic oxidation sites excluding steroid dienone is 4. The number of hydrogen-bond acceptors (Lipinski definition) is 8. The van der Waals surface area contributed by atoms with Crippen LogP contribution in [0.15, 0.2) is 77.1 Å². The summed E-state index contributed by atoms with van der Waals surface area (Å²) in [5.41, 5.74) is 3.25. The quantitative estimate of drug-likeness (QED) is 0.356. The van der Waals surface area contributed by atoms with Crippen LogP contribution in [0, 0.1) is 5.92 Å². The summed E-state index contributed by atoms with van der Waals surface area (Å²) in [7, 11) is 1.47. The molecule has 2 aromatic rings. The van der Waals surface area contributed by atoms with Crippen molar-refractivity contribution in [1.29, 1.82) is 0 Å². The third kappa shape index (κ3) is 5.17. The van der Waals surface area contributed by atoms with Gasteiger partial charge in [0.05, 0.1) is 25.0 Å².